The molecule has 2 saturated heterocycles. The highest BCUT2D eigenvalue weighted by molar-refractivity contribution is 7.91. The molecule has 2 atom stereocenters. The van der Waals surface area contributed by atoms with Crippen molar-refractivity contribution in [3.63, 3.8) is 0 Å². The van der Waals surface area contributed by atoms with Crippen molar-refractivity contribution in [2.24, 2.45) is 0 Å². The smallest absolute Gasteiger partial charge is 0.314 e. The van der Waals surface area contributed by atoms with E-state index < -0.39 is 9.84 Å². The van der Waals surface area contributed by atoms with Gasteiger partial charge in [0, 0.05) is 12.2 Å². The van der Waals surface area contributed by atoms with Crippen molar-refractivity contribution in [2.45, 2.75) is 32.5 Å². The summed E-state index contributed by atoms with van der Waals surface area (Å²) < 4.78 is 24.6. The molecule has 0 aliphatic carbocycles. The number of rotatable bonds is 3. The van der Waals surface area contributed by atoms with Crippen LogP contribution in [0.5, 0.6) is 0 Å². The Morgan fingerprint density at radius 2 is 1.58 bits per heavy atom. The van der Waals surface area contributed by atoms with Crippen molar-refractivity contribution in [2.75, 3.05) is 16.4 Å². The molecule has 136 valence electrons. The van der Waals surface area contributed by atoms with Crippen molar-refractivity contribution >= 4 is 21.6 Å². The van der Waals surface area contributed by atoms with Crippen LogP contribution in [-0.2, 0) is 16.4 Å². The number of fused-ring (bicyclic) bond motifs is 1. The van der Waals surface area contributed by atoms with Gasteiger partial charge in [0.05, 0.1) is 23.6 Å². The van der Waals surface area contributed by atoms with Crippen LogP contribution in [0.3, 0.4) is 0 Å². The van der Waals surface area contributed by atoms with Crippen LogP contribution >= 0.6 is 0 Å². The lowest BCUT2D eigenvalue weighted by Gasteiger charge is -2.23. The monoisotopic (exact) mass is 370 g/mol. The predicted octanol–water partition coefficient (Wildman–Crippen LogP) is 2.91. The zero-order valence-corrected chi connectivity index (χ0v) is 15.7. The first-order chi connectivity index (χ1) is 12.3. The van der Waals surface area contributed by atoms with E-state index in [2.05, 4.69) is 6.07 Å². The third-order valence-electron chi connectivity index (χ3n) is 5.16. The summed E-state index contributed by atoms with van der Waals surface area (Å²) in [5.41, 5.74) is 3.92. The quantitative estimate of drug-likeness (QED) is 0.781. The van der Waals surface area contributed by atoms with Gasteiger partial charge in [-0.25, -0.2) is 13.2 Å². The number of aryl methyl sites for hydroxylation is 2. The highest BCUT2D eigenvalue weighted by Crippen LogP contribution is 2.36. The van der Waals surface area contributed by atoms with Gasteiger partial charge in [0.2, 0.25) is 0 Å². The molecule has 2 amide bonds. The minimum atomic E-state index is -3.15. The number of urea groups is 1. The highest BCUT2D eigenvalue weighted by Gasteiger charge is 2.53. The predicted molar refractivity (Wildman–Crippen MR) is 102 cm³/mol. The maximum atomic E-state index is 13.2. The van der Waals surface area contributed by atoms with E-state index >= 15 is 0 Å². The van der Waals surface area contributed by atoms with Crippen molar-refractivity contribution in [1.82, 2.24) is 4.90 Å². The summed E-state index contributed by atoms with van der Waals surface area (Å²) >= 11 is 0. The highest BCUT2D eigenvalue weighted by atomic mass is 32.2. The summed E-state index contributed by atoms with van der Waals surface area (Å²) in [5.74, 6) is 0.0687. The van der Waals surface area contributed by atoms with E-state index in [1.54, 1.807) is 9.80 Å². The van der Waals surface area contributed by atoms with E-state index in [4.69, 9.17) is 0 Å². The molecule has 0 radical (unpaired) electrons. The van der Waals surface area contributed by atoms with Crippen LogP contribution in [0.25, 0.3) is 0 Å². The Labute approximate surface area is 154 Å². The molecular weight excluding hydrogens is 348 g/mol. The van der Waals surface area contributed by atoms with Gasteiger partial charge in [-0.3, -0.25) is 4.90 Å². The summed E-state index contributed by atoms with van der Waals surface area (Å²) in [6, 6.07) is 15.0. The molecule has 2 fully saturated rings. The Kier molecular flexibility index (Phi) is 4.03. The molecule has 2 aliphatic heterocycles. The topological polar surface area (TPSA) is 57.7 Å². The number of carbonyl (C=O) groups is 1. The molecule has 5 nitrogen and oxygen atoms in total. The maximum Gasteiger partial charge on any atom is 0.325 e. The number of anilines is 1. The molecule has 2 aromatic rings. The largest absolute Gasteiger partial charge is 0.325 e. The van der Waals surface area contributed by atoms with Crippen LogP contribution in [0.4, 0.5) is 10.5 Å². The third-order valence-corrected chi connectivity index (χ3v) is 6.86. The molecule has 2 aliphatic rings. The summed E-state index contributed by atoms with van der Waals surface area (Å²) in [5, 5.41) is 0. The SMILES string of the molecule is Cc1cc(C)cc(N2C(=O)N(Cc3ccccc3)[C@@H]3CS(=O)(=O)C[C@H]32)c1. The van der Waals surface area contributed by atoms with Gasteiger partial charge in [-0.15, -0.1) is 0 Å². The van der Waals surface area contributed by atoms with Crippen LogP contribution in [-0.4, -0.2) is 42.9 Å². The number of carbonyl (C=O) groups excluding carboxylic acids is 1. The van der Waals surface area contributed by atoms with Crippen molar-refractivity contribution < 1.29 is 13.2 Å². The Bertz CT molecular complexity index is 936. The van der Waals surface area contributed by atoms with E-state index in [1.807, 2.05) is 56.3 Å². The van der Waals surface area contributed by atoms with Crippen LogP contribution in [0.15, 0.2) is 48.5 Å². The summed E-state index contributed by atoms with van der Waals surface area (Å²) in [7, 11) is -3.15. The molecule has 0 spiro atoms. The Morgan fingerprint density at radius 1 is 0.962 bits per heavy atom. The number of hydrogen-bond acceptors (Lipinski definition) is 3. The molecule has 0 bridgehead atoms. The molecule has 2 heterocycles. The van der Waals surface area contributed by atoms with Crippen LogP contribution in [0.2, 0.25) is 0 Å². The second kappa shape index (κ2) is 6.13. The van der Waals surface area contributed by atoms with Gasteiger partial charge in [-0.2, -0.15) is 0 Å². The molecule has 26 heavy (non-hydrogen) atoms. The summed E-state index contributed by atoms with van der Waals surface area (Å²) in [6.45, 7) is 4.40. The van der Waals surface area contributed by atoms with Gasteiger partial charge in [0.15, 0.2) is 9.84 Å². The van der Waals surface area contributed by atoms with E-state index in [0.717, 1.165) is 22.4 Å². The van der Waals surface area contributed by atoms with E-state index in [-0.39, 0.29) is 29.6 Å². The van der Waals surface area contributed by atoms with Gasteiger partial charge < -0.3 is 4.90 Å². The molecule has 0 aromatic heterocycles. The zero-order valence-electron chi connectivity index (χ0n) is 14.9. The molecule has 6 heteroatoms. The number of hydrogen-bond donors (Lipinski definition) is 0. The van der Waals surface area contributed by atoms with Crippen LogP contribution in [0.1, 0.15) is 16.7 Å². The number of nitrogens with zero attached hydrogens (tertiary/aromatic N) is 2. The fraction of sp³-hybridized carbons (Fsp3) is 0.350. The maximum absolute atomic E-state index is 13.2. The van der Waals surface area contributed by atoms with Crippen LogP contribution in [0, 0.1) is 13.8 Å². The molecule has 0 N–H and O–H groups in total. The molecular formula is C20H22N2O3S. The third kappa shape index (κ3) is 2.98. The van der Waals surface area contributed by atoms with Gasteiger partial charge in [-0.1, -0.05) is 36.4 Å². The lowest BCUT2D eigenvalue weighted by atomic mass is 10.1. The Balaban J connectivity index is 1.74. The van der Waals surface area contributed by atoms with Gasteiger partial charge >= 0.3 is 6.03 Å². The van der Waals surface area contributed by atoms with Crippen molar-refractivity contribution in [3.8, 4) is 0 Å². The average Bonchev–Trinajstić information content (AvgIpc) is 2.99. The Morgan fingerprint density at radius 3 is 2.23 bits per heavy atom. The first-order valence-corrected chi connectivity index (χ1v) is 10.6. The van der Waals surface area contributed by atoms with E-state index in [9.17, 15) is 13.2 Å². The second-order valence-electron chi connectivity index (χ2n) is 7.32. The normalized spacial score (nSPS) is 24.2. The lowest BCUT2D eigenvalue weighted by molar-refractivity contribution is 0.206. The van der Waals surface area contributed by atoms with Crippen molar-refractivity contribution in [3.05, 3.63) is 65.2 Å². The van der Waals surface area contributed by atoms with E-state index in [1.165, 1.54) is 0 Å². The fourth-order valence-electron chi connectivity index (χ4n) is 4.13. The summed E-state index contributed by atoms with van der Waals surface area (Å²) in [6.07, 6.45) is 0. The lowest BCUT2D eigenvalue weighted by Crippen LogP contribution is -2.37. The summed E-state index contributed by atoms with van der Waals surface area (Å²) in [4.78, 5) is 16.6. The fourth-order valence-corrected chi connectivity index (χ4v) is 6.08. The van der Waals surface area contributed by atoms with Gasteiger partial charge in [0.25, 0.3) is 0 Å². The second-order valence-corrected chi connectivity index (χ2v) is 9.48. The first kappa shape index (κ1) is 17.1. The average molecular weight is 370 g/mol. The molecule has 0 unspecified atom stereocenters. The molecule has 2 aromatic carbocycles. The Hall–Kier alpha value is -2.34. The number of benzene rings is 2. The minimum absolute atomic E-state index is 0.0295. The standard InChI is InChI=1S/C20H22N2O3S/c1-14-8-15(2)10-17(9-14)22-19-13-26(24,25)12-18(19)21(20(22)23)11-16-6-4-3-5-7-16/h3-10,18-19H,11-13H2,1-2H3/t18-,19-/m1/s1. The number of sulfone groups is 1. The molecule has 4 rings (SSSR count). The van der Waals surface area contributed by atoms with E-state index in [0.29, 0.717) is 6.54 Å². The molecule has 0 saturated carbocycles. The first-order valence-electron chi connectivity index (χ1n) is 8.76. The number of amides is 2. The zero-order chi connectivity index (χ0) is 18.5. The van der Waals surface area contributed by atoms with Gasteiger partial charge in [-0.05, 0) is 42.7 Å². The van der Waals surface area contributed by atoms with Gasteiger partial charge in [0.1, 0.15) is 0 Å². The van der Waals surface area contributed by atoms with Crippen molar-refractivity contribution in [1.29, 1.82) is 0 Å². The minimum Gasteiger partial charge on any atom is -0.314 e. The van der Waals surface area contributed by atoms with Crippen LogP contribution < -0.4 is 4.90 Å².